The van der Waals surface area contributed by atoms with Gasteiger partial charge in [0.25, 0.3) is 0 Å². The van der Waals surface area contributed by atoms with Crippen molar-refractivity contribution in [3.05, 3.63) is 0 Å². The topological polar surface area (TPSA) is 18.5 Å². The second-order valence-corrected chi connectivity index (χ2v) is 6.14. The molecule has 0 saturated carbocycles. The zero-order valence-electron chi connectivity index (χ0n) is 15.3. The molecule has 0 aromatic carbocycles. The number of hydrogen-bond acceptors (Lipinski definition) is 3. The molecule has 0 heterocycles. The Kier molecular flexibility index (Phi) is 16.2. The summed E-state index contributed by atoms with van der Waals surface area (Å²) < 4.78 is 0. The van der Waals surface area contributed by atoms with Crippen LogP contribution in [0.25, 0.3) is 0 Å². The highest BCUT2D eigenvalue weighted by Gasteiger charge is 2.03. The van der Waals surface area contributed by atoms with Gasteiger partial charge < -0.3 is 15.1 Å². The summed E-state index contributed by atoms with van der Waals surface area (Å²) in [5.74, 6) is 0. The Morgan fingerprint density at radius 2 is 0.857 bits per heavy atom. The summed E-state index contributed by atoms with van der Waals surface area (Å²) in [4.78, 5) is 5.21. The van der Waals surface area contributed by atoms with Crippen molar-refractivity contribution < 1.29 is 0 Å². The fourth-order valence-corrected chi connectivity index (χ4v) is 2.92. The van der Waals surface area contributed by atoms with Crippen molar-refractivity contribution in [2.75, 3.05) is 52.4 Å². The van der Waals surface area contributed by atoms with Gasteiger partial charge in [0.2, 0.25) is 0 Å². The summed E-state index contributed by atoms with van der Waals surface area (Å²) in [5.41, 5.74) is 0. The Bertz CT molecular complexity index is 165. The highest BCUT2D eigenvalue weighted by Crippen LogP contribution is 1.97. The van der Waals surface area contributed by atoms with Crippen LogP contribution >= 0.6 is 0 Å². The van der Waals surface area contributed by atoms with Gasteiger partial charge in [0.1, 0.15) is 0 Å². The van der Waals surface area contributed by atoms with Crippen LogP contribution < -0.4 is 5.32 Å². The second kappa shape index (κ2) is 16.3. The molecule has 0 aliphatic carbocycles. The number of rotatable bonds is 16. The van der Waals surface area contributed by atoms with Crippen molar-refractivity contribution in [2.45, 2.75) is 66.2 Å². The van der Waals surface area contributed by atoms with Crippen LogP contribution in [0.5, 0.6) is 0 Å². The van der Waals surface area contributed by atoms with E-state index in [1.807, 2.05) is 0 Å². The molecule has 0 aromatic heterocycles. The summed E-state index contributed by atoms with van der Waals surface area (Å²) in [5, 5.41) is 3.61. The van der Waals surface area contributed by atoms with Gasteiger partial charge in [-0.1, -0.05) is 27.7 Å². The van der Waals surface area contributed by atoms with E-state index < -0.39 is 0 Å². The fraction of sp³-hybridized carbons (Fsp3) is 1.00. The van der Waals surface area contributed by atoms with Gasteiger partial charge in [-0.15, -0.1) is 0 Å². The van der Waals surface area contributed by atoms with Crippen LogP contribution in [0.15, 0.2) is 0 Å². The summed E-state index contributed by atoms with van der Waals surface area (Å²) in [6.45, 7) is 19.0. The normalized spacial score (nSPS) is 11.7. The van der Waals surface area contributed by atoms with Crippen LogP contribution in [0.3, 0.4) is 0 Å². The average Bonchev–Trinajstić information content (AvgIpc) is 2.47. The molecule has 128 valence electrons. The molecular weight excluding hydrogens is 258 g/mol. The lowest BCUT2D eigenvalue weighted by molar-refractivity contribution is 0.263. The summed E-state index contributed by atoms with van der Waals surface area (Å²) in [7, 11) is 0. The zero-order valence-corrected chi connectivity index (χ0v) is 15.3. The molecule has 0 aliphatic heterocycles. The molecule has 0 spiro atoms. The monoisotopic (exact) mass is 299 g/mol. The number of nitrogens with zero attached hydrogens (tertiary/aromatic N) is 2. The van der Waals surface area contributed by atoms with E-state index in [9.17, 15) is 0 Å². The predicted molar refractivity (Wildman–Crippen MR) is 96.1 cm³/mol. The van der Waals surface area contributed by atoms with Crippen molar-refractivity contribution in [2.24, 2.45) is 0 Å². The van der Waals surface area contributed by atoms with E-state index in [0.29, 0.717) is 0 Å². The maximum atomic E-state index is 3.61. The van der Waals surface area contributed by atoms with Crippen molar-refractivity contribution >= 4 is 0 Å². The minimum Gasteiger partial charge on any atom is -0.317 e. The Labute approximate surface area is 134 Å². The van der Waals surface area contributed by atoms with Gasteiger partial charge >= 0.3 is 0 Å². The first-order chi connectivity index (χ1) is 10.3. The van der Waals surface area contributed by atoms with Crippen molar-refractivity contribution in [3.8, 4) is 0 Å². The lowest BCUT2D eigenvalue weighted by atomic mass is 10.3. The predicted octanol–water partition coefficient (Wildman–Crippen LogP) is 3.60. The van der Waals surface area contributed by atoms with E-state index in [-0.39, 0.29) is 0 Å². The largest absolute Gasteiger partial charge is 0.317 e. The van der Waals surface area contributed by atoms with Gasteiger partial charge in [0.05, 0.1) is 0 Å². The van der Waals surface area contributed by atoms with E-state index in [0.717, 1.165) is 0 Å². The molecule has 0 fully saturated rings. The standard InChI is InChI=1S/C18H41N3/c1-5-13-20(14-6-2)17-9-11-19-12-10-18-21(15-7-3)16-8-4/h19H,5-18H2,1-4H3. The molecule has 0 saturated heterocycles. The lowest BCUT2D eigenvalue weighted by Gasteiger charge is -2.21. The van der Waals surface area contributed by atoms with Crippen LogP contribution in [0.4, 0.5) is 0 Å². The molecule has 3 heteroatoms. The third-order valence-electron chi connectivity index (χ3n) is 3.82. The Hall–Kier alpha value is -0.120. The summed E-state index contributed by atoms with van der Waals surface area (Å²) in [6, 6.07) is 0. The van der Waals surface area contributed by atoms with E-state index in [2.05, 4.69) is 42.8 Å². The molecule has 21 heavy (non-hydrogen) atoms. The first-order valence-electron chi connectivity index (χ1n) is 9.43. The zero-order chi connectivity index (χ0) is 15.8. The number of nitrogens with one attached hydrogen (secondary N) is 1. The quantitative estimate of drug-likeness (QED) is 0.439. The molecule has 3 nitrogen and oxygen atoms in total. The maximum Gasteiger partial charge on any atom is -0.000664 e. The molecule has 0 bridgehead atoms. The summed E-state index contributed by atoms with van der Waals surface area (Å²) >= 11 is 0. The molecule has 0 aromatic rings. The third kappa shape index (κ3) is 13.3. The minimum absolute atomic E-state index is 1.17. The van der Waals surface area contributed by atoms with Crippen LogP contribution in [-0.4, -0.2) is 62.2 Å². The van der Waals surface area contributed by atoms with E-state index in [1.54, 1.807) is 0 Å². The van der Waals surface area contributed by atoms with Gasteiger partial charge in [-0.3, -0.25) is 0 Å². The number of hydrogen-bond donors (Lipinski definition) is 1. The first kappa shape index (κ1) is 20.9. The van der Waals surface area contributed by atoms with Gasteiger partial charge in [-0.2, -0.15) is 0 Å². The van der Waals surface area contributed by atoms with E-state index >= 15 is 0 Å². The van der Waals surface area contributed by atoms with Crippen LogP contribution in [0.2, 0.25) is 0 Å². The maximum absolute atomic E-state index is 3.61. The lowest BCUT2D eigenvalue weighted by Crippen LogP contribution is -2.31. The van der Waals surface area contributed by atoms with E-state index in [4.69, 9.17) is 0 Å². The average molecular weight is 300 g/mol. The Balaban J connectivity index is 3.48. The Morgan fingerprint density at radius 3 is 1.14 bits per heavy atom. The van der Waals surface area contributed by atoms with Crippen LogP contribution in [0.1, 0.15) is 66.2 Å². The van der Waals surface area contributed by atoms with Gasteiger partial charge in [-0.05, 0) is 90.9 Å². The Morgan fingerprint density at radius 1 is 0.524 bits per heavy atom. The first-order valence-corrected chi connectivity index (χ1v) is 9.43. The molecule has 0 unspecified atom stereocenters. The van der Waals surface area contributed by atoms with Gasteiger partial charge in [-0.25, -0.2) is 0 Å². The molecule has 0 amide bonds. The minimum atomic E-state index is 1.17. The highest BCUT2D eigenvalue weighted by atomic mass is 15.1. The molecule has 0 rings (SSSR count). The smallest absolute Gasteiger partial charge is 0.000664 e. The third-order valence-corrected chi connectivity index (χ3v) is 3.82. The molecule has 0 aliphatic rings. The SMILES string of the molecule is CCCN(CCC)CCCNCCCN(CCC)CCC. The van der Waals surface area contributed by atoms with Crippen molar-refractivity contribution in [1.29, 1.82) is 0 Å². The fourth-order valence-electron chi connectivity index (χ4n) is 2.92. The van der Waals surface area contributed by atoms with Gasteiger partial charge in [0, 0.05) is 0 Å². The van der Waals surface area contributed by atoms with Gasteiger partial charge in [0.15, 0.2) is 0 Å². The molecule has 1 N–H and O–H groups in total. The summed E-state index contributed by atoms with van der Waals surface area (Å²) in [6.07, 6.45) is 7.67. The second-order valence-electron chi connectivity index (χ2n) is 6.14. The molecule has 0 radical (unpaired) electrons. The van der Waals surface area contributed by atoms with Crippen LogP contribution in [-0.2, 0) is 0 Å². The van der Waals surface area contributed by atoms with Crippen LogP contribution in [0, 0.1) is 0 Å². The molecular formula is C18H41N3. The molecule has 0 atom stereocenters. The van der Waals surface area contributed by atoms with Crippen molar-refractivity contribution in [1.82, 2.24) is 15.1 Å². The van der Waals surface area contributed by atoms with E-state index in [1.165, 1.54) is 90.9 Å². The van der Waals surface area contributed by atoms with Crippen molar-refractivity contribution in [3.63, 3.8) is 0 Å². The highest BCUT2D eigenvalue weighted by molar-refractivity contribution is 4.60.